The first kappa shape index (κ1) is 23.4. The van der Waals surface area contributed by atoms with Crippen molar-refractivity contribution in [3.63, 3.8) is 0 Å². The molecule has 2 spiro atoms. The van der Waals surface area contributed by atoms with Crippen molar-refractivity contribution < 1.29 is 18.8 Å². The Hall–Kier alpha value is -1.79. The van der Waals surface area contributed by atoms with Crippen molar-refractivity contribution in [1.82, 2.24) is 10.2 Å². The fraction of sp³-hybridized carbons (Fsp3) is 0.680. The quantitative estimate of drug-likeness (QED) is 0.540. The number of piperidine rings is 2. The van der Waals surface area contributed by atoms with Crippen LogP contribution in [0.4, 0.5) is 4.79 Å². The summed E-state index contributed by atoms with van der Waals surface area (Å²) in [5, 5.41) is 3.49. The molecule has 7 heteroatoms. The third kappa shape index (κ3) is 5.07. The Balaban J connectivity index is 1.41. The molecular weight excluding hydrogens is 426 g/mol. The summed E-state index contributed by atoms with van der Waals surface area (Å²) < 4.78 is 6.73. The molecule has 3 heterocycles. The molecule has 1 atom stereocenters. The Morgan fingerprint density at radius 2 is 1.75 bits per heavy atom. The van der Waals surface area contributed by atoms with Crippen LogP contribution in [0, 0.1) is 0 Å². The van der Waals surface area contributed by atoms with Gasteiger partial charge in [-0.3, -0.25) is 4.79 Å². The number of likely N-dealkylation sites (tertiary alicyclic amines) is 1. The molecule has 0 aromatic heterocycles. The Morgan fingerprint density at radius 1 is 1.12 bits per heavy atom. The number of nitrogens with one attached hydrogen (secondary N) is 1. The van der Waals surface area contributed by atoms with Crippen LogP contribution in [-0.4, -0.2) is 71.3 Å². The lowest BCUT2D eigenvalue weighted by Crippen LogP contribution is -2.54. The maximum Gasteiger partial charge on any atom is 0.408 e. The number of carbonyl (C=O) groups is 2. The molecular formula is C25H37ClN3O3+. The molecule has 3 saturated heterocycles. The largest absolute Gasteiger partial charge is 0.444 e. The molecule has 0 saturated carbocycles. The van der Waals surface area contributed by atoms with Gasteiger partial charge in [0.1, 0.15) is 18.2 Å². The van der Waals surface area contributed by atoms with Crippen molar-refractivity contribution in [3.8, 4) is 0 Å². The Morgan fingerprint density at radius 3 is 2.34 bits per heavy atom. The minimum Gasteiger partial charge on any atom is -0.444 e. The van der Waals surface area contributed by atoms with E-state index >= 15 is 0 Å². The highest BCUT2D eigenvalue weighted by atomic mass is 35.5. The average Bonchev–Trinajstić information content (AvgIpc) is 3.31. The molecule has 3 aliphatic rings. The van der Waals surface area contributed by atoms with Crippen LogP contribution < -0.4 is 5.32 Å². The van der Waals surface area contributed by atoms with Gasteiger partial charge in [0, 0.05) is 37.4 Å². The van der Waals surface area contributed by atoms with Crippen molar-refractivity contribution in [2.24, 2.45) is 0 Å². The van der Waals surface area contributed by atoms with E-state index in [1.54, 1.807) is 0 Å². The Labute approximate surface area is 196 Å². The number of amides is 2. The third-order valence-corrected chi connectivity index (χ3v) is 7.77. The SMILES string of the molecule is CC(C)(C)OC(=O)N[C@H](Cc1ccc(Cl)cc1)C(=O)N1CCC2(CC1)C[N+]21CCCCC1. The number of alkyl carbamates (subject to hydrolysis) is 1. The van der Waals surface area contributed by atoms with E-state index in [1.165, 1.54) is 43.4 Å². The van der Waals surface area contributed by atoms with Crippen molar-refractivity contribution in [2.75, 3.05) is 32.7 Å². The molecule has 0 radical (unpaired) electrons. The lowest BCUT2D eigenvalue weighted by molar-refractivity contribution is -0.836. The summed E-state index contributed by atoms with van der Waals surface area (Å²) in [6, 6.07) is 6.77. The van der Waals surface area contributed by atoms with E-state index in [2.05, 4.69) is 5.32 Å². The number of fused-ring (bicyclic) bond motifs is 1. The molecule has 4 rings (SSSR count). The van der Waals surface area contributed by atoms with Crippen molar-refractivity contribution >= 4 is 23.6 Å². The summed E-state index contributed by atoms with van der Waals surface area (Å²) in [7, 11) is 0. The maximum absolute atomic E-state index is 13.5. The maximum atomic E-state index is 13.5. The molecule has 3 aliphatic heterocycles. The van der Waals surface area contributed by atoms with Gasteiger partial charge in [-0.15, -0.1) is 0 Å². The van der Waals surface area contributed by atoms with E-state index in [0.29, 0.717) is 17.0 Å². The van der Waals surface area contributed by atoms with Crippen molar-refractivity contribution in [1.29, 1.82) is 0 Å². The number of ether oxygens (including phenoxy) is 1. The van der Waals surface area contributed by atoms with Gasteiger partial charge in [-0.2, -0.15) is 0 Å². The number of carbonyl (C=O) groups excluding carboxylic acids is 2. The first-order valence-corrected chi connectivity index (χ1v) is 12.4. The molecule has 1 aromatic rings. The first-order chi connectivity index (χ1) is 15.1. The van der Waals surface area contributed by atoms with Gasteiger partial charge >= 0.3 is 6.09 Å². The van der Waals surface area contributed by atoms with E-state index in [1.807, 2.05) is 49.9 Å². The van der Waals surface area contributed by atoms with Crippen LogP contribution in [-0.2, 0) is 16.0 Å². The highest BCUT2D eigenvalue weighted by Gasteiger charge is 2.69. The van der Waals surface area contributed by atoms with E-state index in [4.69, 9.17) is 16.3 Å². The van der Waals surface area contributed by atoms with E-state index in [9.17, 15) is 9.59 Å². The van der Waals surface area contributed by atoms with Gasteiger partial charge in [-0.1, -0.05) is 23.7 Å². The molecule has 1 aromatic carbocycles. The Kier molecular flexibility index (Phi) is 6.47. The summed E-state index contributed by atoms with van der Waals surface area (Å²) in [5.41, 5.74) is 0.743. The number of quaternary nitrogens is 1. The van der Waals surface area contributed by atoms with Crippen molar-refractivity contribution in [3.05, 3.63) is 34.9 Å². The average molecular weight is 463 g/mol. The van der Waals surface area contributed by atoms with E-state index < -0.39 is 17.7 Å². The zero-order chi connectivity index (χ0) is 23.0. The number of benzene rings is 1. The molecule has 176 valence electrons. The van der Waals surface area contributed by atoms with Gasteiger partial charge < -0.3 is 19.4 Å². The van der Waals surface area contributed by atoms with Gasteiger partial charge in [0.25, 0.3) is 0 Å². The number of halogens is 1. The lowest BCUT2D eigenvalue weighted by atomic mass is 9.94. The van der Waals surface area contributed by atoms with Crippen LogP contribution in [0.3, 0.4) is 0 Å². The zero-order valence-corrected chi connectivity index (χ0v) is 20.4. The minimum absolute atomic E-state index is 0.0218. The fourth-order valence-corrected chi connectivity index (χ4v) is 5.91. The van der Waals surface area contributed by atoms with Gasteiger partial charge in [0.2, 0.25) is 5.91 Å². The predicted molar refractivity (Wildman–Crippen MR) is 126 cm³/mol. The smallest absolute Gasteiger partial charge is 0.408 e. The summed E-state index contributed by atoms with van der Waals surface area (Å²) in [4.78, 5) is 27.9. The second-order valence-electron chi connectivity index (χ2n) is 10.9. The van der Waals surface area contributed by atoms with E-state index in [0.717, 1.165) is 31.5 Å². The van der Waals surface area contributed by atoms with E-state index in [-0.39, 0.29) is 5.91 Å². The number of rotatable bonds is 4. The molecule has 32 heavy (non-hydrogen) atoms. The monoisotopic (exact) mass is 462 g/mol. The predicted octanol–water partition coefficient (Wildman–Crippen LogP) is 4.15. The second-order valence-corrected chi connectivity index (χ2v) is 11.3. The fourth-order valence-electron chi connectivity index (χ4n) is 5.78. The summed E-state index contributed by atoms with van der Waals surface area (Å²) in [6.45, 7) is 10.9. The zero-order valence-electron chi connectivity index (χ0n) is 19.7. The van der Waals surface area contributed by atoms with Gasteiger partial charge in [0.15, 0.2) is 5.54 Å². The summed E-state index contributed by atoms with van der Waals surface area (Å²) in [5.74, 6) is -0.0218. The topological polar surface area (TPSA) is 58.6 Å². The summed E-state index contributed by atoms with van der Waals surface area (Å²) >= 11 is 6.02. The standard InChI is InChI=1S/C25H36ClN3O3/c1-24(2,3)32-23(31)27-21(17-19-7-9-20(26)10-8-19)22(30)28-13-11-25(12-14-28)18-29(25)15-5-4-6-16-29/h7-10,21H,4-6,11-18H2,1-3H3/p+1/t21-/m1/s1. The van der Waals surface area contributed by atoms with Crippen LogP contribution in [0.1, 0.15) is 58.4 Å². The van der Waals surface area contributed by atoms with Crippen LogP contribution in [0.25, 0.3) is 0 Å². The van der Waals surface area contributed by atoms with Gasteiger partial charge in [0.05, 0.1) is 13.1 Å². The number of hydrogen-bond donors (Lipinski definition) is 1. The van der Waals surface area contributed by atoms with Gasteiger partial charge in [-0.25, -0.2) is 4.79 Å². The Bertz CT molecular complexity index is 835. The molecule has 3 fully saturated rings. The lowest BCUT2D eigenvalue weighted by Gasteiger charge is -2.37. The second kappa shape index (κ2) is 8.86. The molecule has 1 N–H and O–H groups in total. The van der Waals surface area contributed by atoms with Crippen LogP contribution in [0.5, 0.6) is 0 Å². The van der Waals surface area contributed by atoms with Crippen molar-refractivity contribution in [2.45, 2.75) is 76.5 Å². The van der Waals surface area contributed by atoms with Crippen LogP contribution in [0.2, 0.25) is 5.02 Å². The molecule has 6 nitrogen and oxygen atoms in total. The first-order valence-electron chi connectivity index (χ1n) is 12.0. The van der Waals surface area contributed by atoms with Crippen LogP contribution >= 0.6 is 11.6 Å². The summed E-state index contributed by atoms with van der Waals surface area (Å²) in [6.07, 6.45) is 6.04. The highest BCUT2D eigenvalue weighted by molar-refractivity contribution is 6.30. The molecule has 0 aliphatic carbocycles. The van der Waals surface area contributed by atoms with Crippen LogP contribution in [0.15, 0.2) is 24.3 Å². The molecule has 0 bridgehead atoms. The van der Waals surface area contributed by atoms with Gasteiger partial charge in [-0.05, 0) is 57.7 Å². The highest BCUT2D eigenvalue weighted by Crippen LogP contribution is 2.52. The molecule has 0 unspecified atom stereocenters. The third-order valence-electron chi connectivity index (χ3n) is 7.52. The number of hydrogen-bond acceptors (Lipinski definition) is 3. The molecule has 2 amide bonds. The normalized spacial score (nSPS) is 22.4. The number of nitrogens with zero attached hydrogens (tertiary/aromatic N) is 2. The minimum atomic E-state index is -0.655.